The third kappa shape index (κ3) is 1.89. The SMILES string of the molecule is CC(N)(c1ccccc1)C(F)N=O. The van der Waals surface area contributed by atoms with Crippen molar-refractivity contribution in [1.29, 1.82) is 0 Å². The van der Waals surface area contributed by atoms with Crippen LogP contribution in [0.4, 0.5) is 4.39 Å². The van der Waals surface area contributed by atoms with E-state index in [2.05, 4.69) is 5.18 Å². The lowest BCUT2D eigenvalue weighted by Gasteiger charge is -2.24. The second-order valence-electron chi connectivity index (χ2n) is 3.09. The highest BCUT2D eigenvalue weighted by molar-refractivity contribution is 5.24. The van der Waals surface area contributed by atoms with E-state index >= 15 is 0 Å². The predicted molar refractivity (Wildman–Crippen MR) is 48.7 cm³/mol. The molecule has 1 rings (SSSR count). The molecule has 0 saturated carbocycles. The van der Waals surface area contributed by atoms with Gasteiger partial charge in [-0.1, -0.05) is 30.3 Å². The second-order valence-corrected chi connectivity index (χ2v) is 3.09. The zero-order valence-corrected chi connectivity index (χ0v) is 7.27. The monoisotopic (exact) mass is 182 g/mol. The van der Waals surface area contributed by atoms with Crippen LogP contribution in [0.5, 0.6) is 0 Å². The highest BCUT2D eigenvalue weighted by Crippen LogP contribution is 2.24. The molecule has 1 aromatic carbocycles. The molecule has 0 fully saturated rings. The maximum atomic E-state index is 13.0. The van der Waals surface area contributed by atoms with Crippen molar-refractivity contribution in [2.45, 2.75) is 18.8 Å². The van der Waals surface area contributed by atoms with E-state index in [1.807, 2.05) is 0 Å². The summed E-state index contributed by atoms with van der Waals surface area (Å²) < 4.78 is 13.0. The Labute approximate surface area is 75.7 Å². The Morgan fingerprint density at radius 2 is 2.00 bits per heavy atom. The average Bonchev–Trinajstić information content (AvgIpc) is 2.18. The lowest BCUT2D eigenvalue weighted by atomic mass is 9.92. The summed E-state index contributed by atoms with van der Waals surface area (Å²) in [4.78, 5) is 10.0. The molecule has 70 valence electrons. The number of nitroso groups, excluding NO2 is 1. The van der Waals surface area contributed by atoms with Crippen molar-refractivity contribution in [1.82, 2.24) is 0 Å². The molecule has 0 aliphatic heterocycles. The Morgan fingerprint density at radius 3 is 2.46 bits per heavy atom. The first-order valence-corrected chi connectivity index (χ1v) is 3.90. The van der Waals surface area contributed by atoms with Crippen molar-refractivity contribution in [3.05, 3.63) is 40.8 Å². The smallest absolute Gasteiger partial charge is 0.252 e. The number of alkyl halides is 1. The molecule has 1 aromatic rings. The minimum Gasteiger partial charge on any atom is -0.317 e. The molecule has 4 heteroatoms. The van der Waals surface area contributed by atoms with Crippen LogP contribution in [0, 0.1) is 4.91 Å². The van der Waals surface area contributed by atoms with Crippen LogP contribution < -0.4 is 5.73 Å². The molecule has 2 atom stereocenters. The average molecular weight is 182 g/mol. The van der Waals surface area contributed by atoms with Crippen LogP contribution in [0.1, 0.15) is 12.5 Å². The Morgan fingerprint density at radius 1 is 1.46 bits per heavy atom. The van der Waals surface area contributed by atoms with Crippen LogP contribution in [0.3, 0.4) is 0 Å². The number of rotatable bonds is 3. The van der Waals surface area contributed by atoms with Crippen molar-refractivity contribution in [2.24, 2.45) is 10.9 Å². The molecular formula is C9H11FN2O. The van der Waals surface area contributed by atoms with E-state index in [1.165, 1.54) is 6.92 Å². The van der Waals surface area contributed by atoms with Gasteiger partial charge in [0.25, 0.3) is 6.30 Å². The van der Waals surface area contributed by atoms with Crippen molar-refractivity contribution in [2.75, 3.05) is 0 Å². The lowest BCUT2D eigenvalue weighted by molar-refractivity contribution is 0.212. The first-order valence-electron chi connectivity index (χ1n) is 3.90. The van der Waals surface area contributed by atoms with Crippen LogP contribution in [-0.2, 0) is 5.54 Å². The highest BCUT2D eigenvalue weighted by atomic mass is 19.1. The van der Waals surface area contributed by atoms with Gasteiger partial charge in [-0.2, -0.15) is 0 Å². The fraction of sp³-hybridized carbons (Fsp3) is 0.333. The minimum atomic E-state index is -1.92. The highest BCUT2D eigenvalue weighted by Gasteiger charge is 2.33. The van der Waals surface area contributed by atoms with Crippen LogP contribution in [0.25, 0.3) is 0 Å². The zero-order valence-electron chi connectivity index (χ0n) is 7.27. The largest absolute Gasteiger partial charge is 0.317 e. The molecule has 0 aliphatic carbocycles. The Balaban J connectivity index is 3.00. The molecule has 0 bridgehead atoms. The number of nitrogens with zero attached hydrogens (tertiary/aromatic N) is 1. The summed E-state index contributed by atoms with van der Waals surface area (Å²) in [5.74, 6) is 0. The van der Waals surface area contributed by atoms with Gasteiger partial charge in [0.2, 0.25) is 0 Å². The summed E-state index contributed by atoms with van der Waals surface area (Å²) in [6.45, 7) is 1.44. The van der Waals surface area contributed by atoms with Gasteiger partial charge in [-0.3, -0.25) is 0 Å². The van der Waals surface area contributed by atoms with Crippen LogP contribution in [0.2, 0.25) is 0 Å². The van der Waals surface area contributed by atoms with Crippen molar-refractivity contribution in [3.63, 3.8) is 0 Å². The molecule has 3 nitrogen and oxygen atoms in total. The van der Waals surface area contributed by atoms with Crippen molar-refractivity contribution < 1.29 is 4.39 Å². The van der Waals surface area contributed by atoms with Gasteiger partial charge in [0, 0.05) is 0 Å². The summed E-state index contributed by atoms with van der Waals surface area (Å²) in [6, 6.07) is 8.59. The number of hydrogen-bond acceptors (Lipinski definition) is 3. The number of hydrogen-bond donors (Lipinski definition) is 1. The van der Waals surface area contributed by atoms with Gasteiger partial charge in [0.15, 0.2) is 0 Å². The fourth-order valence-electron chi connectivity index (χ4n) is 1.04. The number of nitrogens with two attached hydrogens (primary N) is 1. The van der Waals surface area contributed by atoms with Crippen LogP contribution in [-0.4, -0.2) is 6.30 Å². The molecule has 0 radical (unpaired) electrons. The Kier molecular flexibility index (Phi) is 2.72. The standard InChI is InChI=1S/C9H11FN2O/c1-9(11,8(10)12-13)7-5-3-2-4-6-7/h2-6,8H,11H2,1H3. The molecular weight excluding hydrogens is 171 g/mol. The number of halogens is 1. The first-order chi connectivity index (χ1) is 6.09. The Hall–Kier alpha value is -1.29. The van der Waals surface area contributed by atoms with Gasteiger partial charge in [0.05, 0.1) is 5.54 Å². The molecule has 0 aromatic heterocycles. The molecule has 0 saturated heterocycles. The topological polar surface area (TPSA) is 55.4 Å². The summed E-state index contributed by atoms with van der Waals surface area (Å²) in [6.07, 6.45) is -1.92. The lowest BCUT2D eigenvalue weighted by Crippen LogP contribution is -2.41. The van der Waals surface area contributed by atoms with Crippen molar-refractivity contribution >= 4 is 0 Å². The van der Waals surface area contributed by atoms with Gasteiger partial charge in [-0.15, -0.1) is 4.91 Å². The van der Waals surface area contributed by atoms with Gasteiger partial charge < -0.3 is 5.73 Å². The fourth-order valence-corrected chi connectivity index (χ4v) is 1.04. The Bertz CT molecular complexity index is 287. The van der Waals surface area contributed by atoms with Crippen LogP contribution in [0.15, 0.2) is 35.5 Å². The minimum absolute atomic E-state index is 0.558. The molecule has 2 unspecified atom stereocenters. The van der Waals surface area contributed by atoms with Crippen molar-refractivity contribution in [3.8, 4) is 0 Å². The molecule has 2 N–H and O–H groups in total. The van der Waals surface area contributed by atoms with Gasteiger partial charge in [0.1, 0.15) is 0 Å². The van der Waals surface area contributed by atoms with E-state index in [1.54, 1.807) is 30.3 Å². The summed E-state index contributed by atoms with van der Waals surface area (Å²) in [5, 5.41) is 2.29. The van der Waals surface area contributed by atoms with E-state index in [4.69, 9.17) is 5.73 Å². The van der Waals surface area contributed by atoms with Gasteiger partial charge in [-0.05, 0) is 17.7 Å². The van der Waals surface area contributed by atoms with E-state index in [0.717, 1.165) is 0 Å². The predicted octanol–water partition coefficient (Wildman–Crippen LogP) is 1.92. The third-order valence-corrected chi connectivity index (χ3v) is 1.98. The van der Waals surface area contributed by atoms with Gasteiger partial charge >= 0.3 is 0 Å². The van der Waals surface area contributed by atoms with Crippen LogP contribution >= 0.6 is 0 Å². The quantitative estimate of drug-likeness (QED) is 0.573. The van der Waals surface area contributed by atoms with E-state index < -0.39 is 11.8 Å². The number of benzene rings is 1. The normalized spacial score (nSPS) is 17.5. The maximum Gasteiger partial charge on any atom is 0.252 e. The summed E-state index contributed by atoms with van der Waals surface area (Å²) >= 11 is 0. The maximum absolute atomic E-state index is 13.0. The third-order valence-electron chi connectivity index (χ3n) is 1.98. The summed E-state index contributed by atoms with van der Waals surface area (Å²) in [7, 11) is 0. The summed E-state index contributed by atoms with van der Waals surface area (Å²) in [5.41, 5.74) is 4.84. The van der Waals surface area contributed by atoms with E-state index in [-0.39, 0.29) is 0 Å². The molecule has 0 amide bonds. The van der Waals surface area contributed by atoms with E-state index in [0.29, 0.717) is 5.56 Å². The molecule has 0 heterocycles. The molecule has 13 heavy (non-hydrogen) atoms. The zero-order chi connectivity index (χ0) is 9.90. The molecule has 0 aliphatic rings. The first kappa shape index (κ1) is 9.80. The molecule has 0 spiro atoms. The van der Waals surface area contributed by atoms with E-state index in [9.17, 15) is 9.30 Å². The van der Waals surface area contributed by atoms with Gasteiger partial charge in [-0.25, -0.2) is 4.39 Å². The second kappa shape index (κ2) is 3.62.